The Kier molecular flexibility index (Phi) is 1.98. The highest BCUT2D eigenvalue weighted by Crippen LogP contribution is 2.49. The maximum atomic E-state index is 9.78. The van der Waals surface area contributed by atoms with E-state index in [0.717, 1.165) is 38.8 Å². The van der Waals surface area contributed by atoms with E-state index in [-0.39, 0.29) is 0 Å². The molecule has 0 atom stereocenters. The van der Waals surface area contributed by atoms with Crippen molar-refractivity contribution in [1.29, 1.82) is 5.41 Å². The van der Waals surface area contributed by atoms with Gasteiger partial charge in [0.15, 0.2) is 0 Å². The second-order valence-electron chi connectivity index (χ2n) is 5.80. The molecule has 5 N–H and O–H groups in total. The van der Waals surface area contributed by atoms with E-state index in [4.69, 9.17) is 11.1 Å². The van der Waals surface area contributed by atoms with Crippen LogP contribution in [0.3, 0.4) is 0 Å². The van der Waals surface area contributed by atoms with Crippen LogP contribution in [-0.2, 0) is 0 Å². The van der Waals surface area contributed by atoms with Crippen molar-refractivity contribution in [2.24, 2.45) is 17.1 Å². The average Bonchev–Trinajstić information content (AvgIpc) is 2.79. The molecule has 2 aliphatic carbocycles. The molecule has 0 bridgehead atoms. The number of rotatable bonds is 3. The van der Waals surface area contributed by atoms with E-state index in [1.165, 1.54) is 0 Å². The van der Waals surface area contributed by atoms with Crippen LogP contribution in [0, 0.1) is 16.7 Å². The molecule has 16 heavy (non-hydrogen) atoms. The minimum Gasteiger partial charge on any atom is -0.400 e. The van der Waals surface area contributed by atoms with Gasteiger partial charge in [-0.05, 0) is 37.2 Å². The highest BCUT2D eigenvalue weighted by atomic mass is 16.3. The molecule has 3 rings (SSSR count). The SMILES string of the molecule is N=C(C=C(N)C1(O)CC1)C1CC2(CNC2)C1. The largest absolute Gasteiger partial charge is 0.400 e. The summed E-state index contributed by atoms with van der Waals surface area (Å²) in [6.07, 6.45) is 5.42. The summed E-state index contributed by atoms with van der Waals surface area (Å²) in [5.74, 6) is 0.364. The first-order chi connectivity index (χ1) is 7.53. The Balaban J connectivity index is 1.58. The lowest BCUT2D eigenvalue weighted by Crippen LogP contribution is -2.61. The highest BCUT2D eigenvalue weighted by Gasteiger charge is 2.50. The van der Waals surface area contributed by atoms with Gasteiger partial charge in [0.2, 0.25) is 0 Å². The quantitative estimate of drug-likeness (QED) is 0.520. The third-order valence-corrected chi connectivity index (χ3v) is 4.37. The lowest BCUT2D eigenvalue weighted by molar-refractivity contribution is 0.0308. The van der Waals surface area contributed by atoms with Crippen LogP contribution in [0.15, 0.2) is 11.8 Å². The standard InChI is InChI=1S/C12H19N3O/c13-9(3-10(14)12(16)1-2-12)8-4-11(5-8)6-15-7-11/h3,8,13,15-16H,1-2,4-7,14H2. The molecule has 0 amide bonds. The van der Waals surface area contributed by atoms with Crippen molar-refractivity contribution in [2.75, 3.05) is 13.1 Å². The lowest BCUT2D eigenvalue weighted by Gasteiger charge is -2.54. The van der Waals surface area contributed by atoms with Gasteiger partial charge >= 0.3 is 0 Å². The van der Waals surface area contributed by atoms with Crippen molar-refractivity contribution >= 4 is 5.71 Å². The summed E-state index contributed by atoms with van der Waals surface area (Å²) in [5, 5.41) is 21.0. The summed E-state index contributed by atoms with van der Waals surface area (Å²) in [5.41, 5.74) is 6.62. The van der Waals surface area contributed by atoms with Gasteiger partial charge in [-0.1, -0.05) is 0 Å². The molecular formula is C12H19N3O. The molecule has 0 radical (unpaired) electrons. The zero-order valence-corrected chi connectivity index (χ0v) is 9.42. The fourth-order valence-electron chi connectivity index (χ4n) is 2.80. The summed E-state index contributed by atoms with van der Waals surface area (Å²) < 4.78 is 0. The van der Waals surface area contributed by atoms with Crippen molar-refractivity contribution in [3.63, 3.8) is 0 Å². The van der Waals surface area contributed by atoms with Gasteiger partial charge in [0, 0.05) is 30.4 Å². The van der Waals surface area contributed by atoms with Gasteiger partial charge in [0.1, 0.15) is 5.60 Å². The third-order valence-electron chi connectivity index (χ3n) is 4.37. The van der Waals surface area contributed by atoms with E-state index >= 15 is 0 Å². The number of nitrogens with one attached hydrogen (secondary N) is 2. The number of hydrogen-bond acceptors (Lipinski definition) is 4. The maximum Gasteiger partial charge on any atom is 0.104 e. The van der Waals surface area contributed by atoms with Gasteiger partial charge in [-0.15, -0.1) is 0 Å². The fraction of sp³-hybridized carbons (Fsp3) is 0.750. The molecule has 3 aliphatic rings. The molecule has 88 valence electrons. The first kappa shape index (κ1) is 10.3. The molecule has 0 unspecified atom stereocenters. The van der Waals surface area contributed by atoms with Crippen molar-refractivity contribution in [2.45, 2.75) is 31.3 Å². The summed E-state index contributed by atoms with van der Waals surface area (Å²) in [7, 11) is 0. The van der Waals surface area contributed by atoms with Crippen LogP contribution in [0.1, 0.15) is 25.7 Å². The minimum atomic E-state index is -0.772. The Morgan fingerprint density at radius 2 is 2.00 bits per heavy atom. The van der Waals surface area contributed by atoms with Gasteiger partial charge in [0.05, 0.1) is 0 Å². The summed E-state index contributed by atoms with van der Waals surface area (Å²) >= 11 is 0. The number of nitrogens with two attached hydrogens (primary N) is 1. The fourth-order valence-corrected chi connectivity index (χ4v) is 2.80. The van der Waals surface area contributed by atoms with Crippen LogP contribution in [0.25, 0.3) is 0 Å². The Morgan fingerprint density at radius 3 is 2.44 bits per heavy atom. The number of allylic oxidation sites excluding steroid dienone is 1. The van der Waals surface area contributed by atoms with Crippen LogP contribution < -0.4 is 11.1 Å². The Hall–Kier alpha value is -0.870. The van der Waals surface area contributed by atoms with Crippen LogP contribution in [0.2, 0.25) is 0 Å². The van der Waals surface area contributed by atoms with Gasteiger partial charge in [-0.25, -0.2) is 0 Å². The maximum absolute atomic E-state index is 9.78. The van der Waals surface area contributed by atoms with Crippen LogP contribution >= 0.6 is 0 Å². The van der Waals surface area contributed by atoms with Gasteiger partial charge in [-0.3, -0.25) is 0 Å². The molecule has 1 aliphatic heterocycles. The predicted octanol–water partition coefficient (Wildman–Crippen LogP) is 0.373. The summed E-state index contributed by atoms with van der Waals surface area (Å²) in [4.78, 5) is 0. The Labute approximate surface area is 95.4 Å². The Morgan fingerprint density at radius 1 is 1.38 bits per heavy atom. The van der Waals surface area contributed by atoms with Crippen molar-refractivity contribution in [3.8, 4) is 0 Å². The first-order valence-electron chi connectivity index (χ1n) is 6.02. The topological polar surface area (TPSA) is 82.1 Å². The molecule has 0 aromatic heterocycles. The van der Waals surface area contributed by atoms with Gasteiger partial charge < -0.3 is 21.6 Å². The van der Waals surface area contributed by atoms with Crippen molar-refractivity contribution in [3.05, 3.63) is 11.8 Å². The van der Waals surface area contributed by atoms with Crippen LogP contribution in [0.4, 0.5) is 0 Å². The lowest BCUT2D eigenvalue weighted by atomic mass is 9.57. The predicted molar refractivity (Wildman–Crippen MR) is 62.2 cm³/mol. The molecule has 3 fully saturated rings. The first-order valence-corrected chi connectivity index (χ1v) is 6.02. The smallest absolute Gasteiger partial charge is 0.104 e. The molecular weight excluding hydrogens is 202 g/mol. The number of hydrogen-bond donors (Lipinski definition) is 4. The summed E-state index contributed by atoms with van der Waals surface area (Å²) in [6.45, 7) is 2.22. The molecule has 0 aromatic rings. The van der Waals surface area contributed by atoms with Gasteiger partial charge in [-0.2, -0.15) is 0 Å². The summed E-state index contributed by atoms with van der Waals surface area (Å²) in [6, 6.07) is 0. The molecule has 2 saturated carbocycles. The zero-order chi connectivity index (χ0) is 11.4. The van der Waals surface area contributed by atoms with E-state index in [2.05, 4.69) is 5.32 Å². The number of aliphatic hydroxyl groups is 1. The molecule has 1 saturated heterocycles. The molecule has 1 spiro atoms. The molecule has 4 heteroatoms. The molecule has 1 heterocycles. The monoisotopic (exact) mass is 221 g/mol. The average molecular weight is 221 g/mol. The van der Waals surface area contributed by atoms with Crippen molar-refractivity contribution in [1.82, 2.24) is 5.32 Å². The third kappa shape index (κ3) is 1.48. The van der Waals surface area contributed by atoms with E-state index in [1.54, 1.807) is 6.08 Å². The van der Waals surface area contributed by atoms with E-state index in [1.807, 2.05) is 0 Å². The van der Waals surface area contributed by atoms with E-state index in [0.29, 0.717) is 22.7 Å². The van der Waals surface area contributed by atoms with E-state index in [9.17, 15) is 5.11 Å². The zero-order valence-electron chi connectivity index (χ0n) is 9.42. The van der Waals surface area contributed by atoms with Crippen LogP contribution in [-0.4, -0.2) is 29.5 Å². The van der Waals surface area contributed by atoms with Crippen molar-refractivity contribution < 1.29 is 5.11 Å². The Bertz CT molecular complexity index is 358. The van der Waals surface area contributed by atoms with Gasteiger partial charge in [0.25, 0.3) is 0 Å². The minimum absolute atomic E-state index is 0.364. The highest BCUT2D eigenvalue weighted by molar-refractivity contribution is 5.95. The van der Waals surface area contributed by atoms with E-state index < -0.39 is 5.60 Å². The second-order valence-corrected chi connectivity index (χ2v) is 5.80. The molecule has 4 nitrogen and oxygen atoms in total. The van der Waals surface area contributed by atoms with Crippen LogP contribution in [0.5, 0.6) is 0 Å². The normalized spacial score (nSPS) is 30.7. The molecule has 0 aromatic carbocycles. The second kappa shape index (κ2) is 3.08.